The van der Waals surface area contributed by atoms with E-state index < -0.39 is 0 Å². The van der Waals surface area contributed by atoms with E-state index in [1.807, 2.05) is 0 Å². The first-order valence-electron chi connectivity index (χ1n) is 9.84. The van der Waals surface area contributed by atoms with Crippen molar-refractivity contribution in [2.24, 2.45) is 9.98 Å². The maximum Gasteiger partial charge on any atom is 0.0630 e. The molecule has 0 aromatic heterocycles. The zero-order chi connectivity index (χ0) is 17.6. The van der Waals surface area contributed by atoms with Crippen LogP contribution >= 0.6 is 0 Å². The molecule has 0 atom stereocenters. The predicted molar refractivity (Wildman–Crippen MR) is 109 cm³/mol. The first-order valence-corrected chi connectivity index (χ1v) is 9.84. The molecule has 2 heteroatoms. The van der Waals surface area contributed by atoms with E-state index in [0.29, 0.717) is 0 Å². The molecule has 0 saturated heterocycles. The average molecular weight is 329 g/mol. The van der Waals surface area contributed by atoms with Gasteiger partial charge in [-0.2, -0.15) is 0 Å². The monoisotopic (exact) mass is 328 g/mol. The van der Waals surface area contributed by atoms with Crippen molar-refractivity contribution in [2.75, 3.05) is 0 Å². The van der Waals surface area contributed by atoms with Crippen LogP contribution in [0.4, 0.5) is 11.4 Å². The highest BCUT2D eigenvalue weighted by Gasteiger charge is 1.97. The van der Waals surface area contributed by atoms with Crippen LogP contribution < -0.4 is 0 Å². The first kappa shape index (κ1) is 20.6. The van der Waals surface area contributed by atoms with Crippen LogP contribution in [0, 0.1) is 0 Å². The van der Waals surface area contributed by atoms with E-state index in [-0.39, 0.29) is 0 Å². The minimum atomic E-state index is 1.04. The zero-order valence-corrected chi connectivity index (χ0v) is 16.3. The number of benzene rings is 1. The third-order valence-corrected chi connectivity index (χ3v) is 4.27. The molecule has 0 N–H and O–H groups in total. The molecule has 0 fully saturated rings. The number of unbranched alkanes of at least 4 members (excludes halogenated alkanes) is 6. The van der Waals surface area contributed by atoms with Gasteiger partial charge in [-0.05, 0) is 63.8 Å². The van der Waals surface area contributed by atoms with Gasteiger partial charge in [0.15, 0.2) is 0 Å². The van der Waals surface area contributed by atoms with Crippen LogP contribution in [0.1, 0.15) is 91.9 Å². The van der Waals surface area contributed by atoms with Gasteiger partial charge in [0, 0.05) is 11.4 Å². The van der Waals surface area contributed by atoms with Gasteiger partial charge in [0.25, 0.3) is 0 Å². The van der Waals surface area contributed by atoms with Crippen molar-refractivity contribution >= 4 is 22.8 Å². The molecule has 0 bridgehead atoms. The van der Waals surface area contributed by atoms with Crippen LogP contribution in [0.2, 0.25) is 0 Å². The Balaban J connectivity index is 2.46. The average Bonchev–Trinajstić information content (AvgIpc) is 2.57. The summed E-state index contributed by atoms with van der Waals surface area (Å²) < 4.78 is 0. The molecule has 24 heavy (non-hydrogen) atoms. The molecule has 0 spiro atoms. The van der Waals surface area contributed by atoms with E-state index in [1.165, 1.54) is 62.8 Å². The van der Waals surface area contributed by atoms with Crippen molar-refractivity contribution in [1.82, 2.24) is 0 Å². The zero-order valence-electron chi connectivity index (χ0n) is 16.3. The van der Waals surface area contributed by atoms with E-state index >= 15 is 0 Å². The lowest BCUT2D eigenvalue weighted by Crippen LogP contribution is -1.91. The molecule has 2 nitrogen and oxygen atoms in total. The summed E-state index contributed by atoms with van der Waals surface area (Å²) in [5, 5.41) is 0. The molecule has 0 heterocycles. The number of hydrogen-bond donors (Lipinski definition) is 0. The Hall–Kier alpha value is -1.44. The van der Waals surface area contributed by atoms with Crippen LogP contribution in [-0.2, 0) is 0 Å². The van der Waals surface area contributed by atoms with Gasteiger partial charge >= 0.3 is 0 Å². The number of aliphatic imine (C=N–C) groups is 2. The number of hydrogen-bond acceptors (Lipinski definition) is 2. The van der Waals surface area contributed by atoms with Crippen molar-refractivity contribution in [3.05, 3.63) is 24.3 Å². The maximum absolute atomic E-state index is 4.72. The lowest BCUT2D eigenvalue weighted by atomic mass is 10.1. The third-order valence-electron chi connectivity index (χ3n) is 4.27. The van der Waals surface area contributed by atoms with Crippen molar-refractivity contribution in [1.29, 1.82) is 0 Å². The van der Waals surface area contributed by atoms with Gasteiger partial charge in [-0.1, -0.05) is 52.4 Å². The van der Waals surface area contributed by atoms with Crippen LogP contribution in [0.5, 0.6) is 0 Å². The lowest BCUT2D eigenvalue weighted by molar-refractivity contribution is 0.682. The van der Waals surface area contributed by atoms with Gasteiger partial charge in [-0.25, -0.2) is 0 Å². The highest BCUT2D eigenvalue weighted by Crippen LogP contribution is 2.20. The number of rotatable bonds is 12. The highest BCUT2D eigenvalue weighted by molar-refractivity contribution is 5.85. The fraction of sp³-hybridized carbons (Fsp3) is 0.636. The van der Waals surface area contributed by atoms with Crippen molar-refractivity contribution in [3.8, 4) is 0 Å². The molecule has 1 aromatic rings. The normalized spacial score (nSPS) is 12.7. The molecule has 0 aliphatic carbocycles. The summed E-state index contributed by atoms with van der Waals surface area (Å²) >= 11 is 0. The Labute approximate surface area is 149 Å². The second kappa shape index (κ2) is 12.9. The fourth-order valence-corrected chi connectivity index (χ4v) is 2.77. The van der Waals surface area contributed by atoms with Gasteiger partial charge in [0.05, 0.1) is 11.4 Å². The van der Waals surface area contributed by atoms with E-state index in [2.05, 4.69) is 52.0 Å². The Morgan fingerprint density at radius 3 is 1.33 bits per heavy atom. The SMILES string of the molecule is CCCCCCC(C)=Nc1ccc(N=C(C)CCCCCC)cc1. The second-order valence-electron chi connectivity index (χ2n) is 6.83. The molecule has 1 rings (SSSR count). The standard InChI is InChI=1S/C22H36N2/c1-5-7-9-11-13-19(3)23-21-15-17-22(18-16-21)24-20(4)14-12-10-8-6-2/h15-18H,5-14H2,1-4H3. The Morgan fingerprint density at radius 2 is 1.00 bits per heavy atom. The molecule has 0 saturated carbocycles. The van der Waals surface area contributed by atoms with Gasteiger partial charge < -0.3 is 0 Å². The van der Waals surface area contributed by atoms with Crippen LogP contribution in [0.15, 0.2) is 34.3 Å². The summed E-state index contributed by atoms with van der Waals surface area (Å²) in [6.07, 6.45) is 12.6. The van der Waals surface area contributed by atoms with E-state index in [9.17, 15) is 0 Å². The summed E-state index contributed by atoms with van der Waals surface area (Å²) in [5.41, 5.74) is 4.55. The molecule has 134 valence electrons. The topological polar surface area (TPSA) is 24.7 Å². The minimum absolute atomic E-state index is 1.04. The minimum Gasteiger partial charge on any atom is -0.258 e. The Morgan fingerprint density at radius 1 is 0.625 bits per heavy atom. The quantitative estimate of drug-likeness (QED) is 0.276. The van der Waals surface area contributed by atoms with E-state index in [1.54, 1.807) is 0 Å². The predicted octanol–water partition coefficient (Wildman–Crippen LogP) is 7.81. The highest BCUT2D eigenvalue weighted by atomic mass is 14.8. The molecule has 0 amide bonds. The van der Waals surface area contributed by atoms with E-state index in [4.69, 9.17) is 9.98 Å². The summed E-state index contributed by atoms with van der Waals surface area (Å²) in [6, 6.07) is 8.33. The molecule has 0 aliphatic rings. The first-order chi connectivity index (χ1) is 11.7. The lowest BCUT2D eigenvalue weighted by Gasteiger charge is -2.03. The smallest absolute Gasteiger partial charge is 0.0630 e. The number of nitrogens with zero attached hydrogens (tertiary/aromatic N) is 2. The van der Waals surface area contributed by atoms with Gasteiger partial charge in [-0.3, -0.25) is 9.98 Å². The molecular formula is C22H36N2. The van der Waals surface area contributed by atoms with E-state index in [0.717, 1.165) is 24.2 Å². The Kier molecular flexibility index (Phi) is 11.1. The molecule has 0 radical (unpaired) electrons. The largest absolute Gasteiger partial charge is 0.258 e. The summed E-state index contributed by atoms with van der Waals surface area (Å²) in [7, 11) is 0. The maximum atomic E-state index is 4.72. The summed E-state index contributed by atoms with van der Waals surface area (Å²) in [5.74, 6) is 0. The van der Waals surface area contributed by atoms with Gasteiger partial charge in [0.1, 0.15) is 0 Å². The fourth-order valence-electron chi connectivity index (χ4n) is 2.77. The second-order valence-corrected chi connectivity index (χ2v) is 6.83. The van der Waals surface area contributed by atoms with Crippen LogP contribution in [-0.4, -0.2) is 11.4 Å². The van der Waals surface area contributed by atoms with Crippen molar-refractivity contribution in [3.63, 3.8) is 0 Å². The van der Waals surface area contributed by atoms with Crippen molar-refractivity contribution in [2.45, 2.75) is 91.9 Å². The Bertz CT molecular complexity index is 450. The molecular weight excluding hydrogens is 292 g/mol. The molecule has 0 unspecified atom stereocenters. The molecule has 1 aromatic carbocycles. The van der Waals surface area contributed by atoms with Crippen LogP contribution in [0.25, 0.3) is 0 Å². The van der Waals surface area contributed by atoms with Crippen molar-refractivity contribution < 1.29 is 0 Å². The van der Waals surface area contributed by atoms with Gasteiger partial charge in [0.2, 0.25) is 0 Å². The summed E-state index contributed by atoms with van der Waals surface area (Å²) in [6.45, 7) is 8.77. The third kappa shape index (κ3) is 9.64. The molecule has 0 aliphatic heterocycles. The summed E-state index contributed by atoms with van der Waals surface area (Å²) in [4.78, 5) is 9.43. The van der Waals surface area contributed by atoms with Crippen LogP contribution in [0.3, 0.4) is 0 Å². The van der Waals surface area contributed by atoms with Gasteiger partial charge in [-0.15, -0.1) is 0 Å².